The van der Waals surface area contributed by atoms with Crippen LogP contribution in [-0.4, -0.2) is 11.9 Å². The van der Waals surface area contributed by atoms with Crippen LogP contribution in [0.1, 0.15) is 29.8 Å². The monoisotopic (exact) mass is 269 g/mol. The second-order valence-corrected chi connectivity index (χ2v) is 4.93. The summed E-state index contributed by atoms with van der Waals surface area (Å²) < 4.78 is 5.71. The summed E-state index contributed by atoms with van der Waals surface area (Å²) in [5.74, 6) is 0.621. The van der Waals surface area contributed by atoms with Crippen LogP contribution < -0.4 is 10.1 Å². The lowest BCUT2D eigenvalue weighted by molar-refractivity contribution is 0.0942. The minimum absolute atomic E-state index is 0.0786. The molecule has 2 aromatic carbocycles. The zero-order valence-electron chi connectivity index (χ0n) is 11.8. The number of benzene rings is 2. The summed E-state index contributed by atoms with van der Waals surface area (Å²) in [6, 6.07) is 17.3. The summed E-state index contributed by atoms with van der Waals surface area (Å²) >= 11 is 0. The molecule has 2 rings (SSSR count). The molecule has 104 valence electrons. The number of ether oxygens (including phenoxy) is 1. The van der Waals surface area contributed by atoms with E-state index in [0.29, 0.717) is 17.9 Å². The zero-order valence-corrected chi connectivity index (χ0v) is 11.8. The number of rotatable bonds is 5. The van der Waals surface area contributed by atoms with Gasteiger partial charge >= 0.3 is 0 Å². The molecule has 0 radical (unpaired) electrons. The van der Waals surface area contributed by atoms with Gasteiger partial charge in [-0.3, -0.25) is 4.79 Å². The van der Waals surface area contributed by atoms with Crippen LogP contribution in [0.15, 0.2) is 54.6 Å². The Morgan fingerprint density at radius 2 is 1.85 bits per heavy atom. The van der Waals surface area contributed by atoms with E-state index >= 15 is 0 Å². The average Bonchev–Trinajstić information content (AvgIpc) is 2.46. The lowest BCUT2D eigenvalue weighted by atomic mass is 10.2. The molecule has 0 bridgehead atoms. The molecule has 20 heavy (non-hydrogen) atoms. The van der Waals surface area contributed by atoms with E-state index in [1.807, 2.05) is 56.3 Å². The summed E-state index contributed by atoms with van der Waals surface area (Å²) in [7, 11) is 0. The molecule has 0 aliphatic carbocycles. The molecule has 0 saturated heterocycles. The molecule has 2 aromatic rings. The van der Waals surface area contributed by atoms with Crippen molar-refractivity contribution >= 4 is 5.91 Å². The molecule has 0 unspecified atom stereocenters. The van der Waals surface area contributed by atoms with Crippen molar-refractivity contribution in [2.75, 3.05) is 0 Å². The van der Waals surface area contributed by atoms with E-state index in [1.165, 1.54) is 0 Å². The molecule has 0 spiro atoms. The Labute approximate surface area is 119 Å². The predicted octanol–water partition coefficient (Wildman–Crippen LogP) is 3.40. The Balaban J connectivity index is 2.01. The first-order chi connectivity index (χ1) is 9.65. The molecule has 1 amide bonds. The molecule has 3 nitrogen and oxygen atoms in total. The van der Waals surface area contributed by atoms with Gasteiger partial charge in [-0.05, 0) is 37.6 Å². The van der Waals surface area contributed by atoms with Gasteiger partial charge in [-0.2, -0.15) is 0 Å². The van der Waals surface area contributed by atoms with Crippen molar-refractivity contribution < 1.29 is 9.53 Å². The highest BCUT2D eigenvalue weighted by atomic mass is 16.5. The standard InChI is InChI=1S/C17H19NO2/c1-13(2)18-17(19)15-9-6-10-16(11-15)20-12-14-7-4-3-5-8-14/h3-11,13H,12H2,1-2H3,(H,18,19). The van der Waals surface area contributed by atoms with Crippen molar-refractivity contribution in [3.05, 3.63) is 65.7 Å². The quantitative estimate of drug-likeness (QED) is 0.903. The SMILES string of the molecule is CC(C)NC(=O)c1cccc(OCc2ccccc2)c1. The van der Waals surface area contributed by atoms with Crippen molar-refractivity contribution in [3.63, 3.8) is 0 Å². The van der Waals surface area contributed by atoms with Crippen LogP contribution in [0.3, 0.4) is 0 Å². The van der Waals surface area contributed by atoms with E-state index in [2.05, 4.69) is 5.32 Å². The fourth-order valence-electron chi connectivity index (χ4n) is 1.81. The highest BCUT2D eigenvalue weighted by Crippen LogP contribution is 2.15. The Morgan fingerprint density at radius 1 is 1.10 bits per heavy atom. The summed E-state index contributed by atoms with van der Waals surface area (Å²) in [5.41, 5.74) is 1.72. The largest absolute Gasteiger partial charge is 0.489 e. The molecule has 1 N–H and O–H groups in total. The molecular weight excluding hydrogens is 250 g/mol. The number of hydrogen-bond acceptors (Lipinski definition) is 2. The van der Waals surface area contributed by atoms with Gasteiger partial charge < -0.3 is 10.1 Å². The summed E-state index contributed by atoms with van der Waals surface area (Å²) in [5, 5.41) is 2.87. The maximum Gasteiger partial charge on any atom is 0.251 e. The summed E-state index contributed by atoms with van der Waals surface area (Å²) in [6.07, 6.45) is 0. The minimum Gasteiger partial charge on any atom is -0.489 e. The Bertz CT molecular complexity index is 564. The van der Waals surface area contributed by atoms with Crippen LogP contribution in [-0.2, 0) is 6.61 Å². The molecule has 0 fully saturated rings. The number of carbonyl (C=O) groups excluding carboxylic acids is 1. The van der Waals surface area contributed by atoms with Crippen LogP contribution in [0.5, 0.6) is 5.75 Å². The van der Waals surface area contributed by atoms with Crippen LogP contribution in [0, 0.1) is 0 Å². The Kier molecular flexibility index (Phi) is 4.77. The van der Waals surface area contributed by atoms with Crippen LogP contribution >= 0.6 is 0 Å². The molecule has 0 atom stereocenters. The van der Waals surface area contributed by atoms with E-state index in [0.717, 1.165) is 5.56 Å². The van der Waals surface area contributed by atoms with E-state index in [4.69, 9.17) is 4.74 Å². The number of carbonyl (C=O) groups is 1. The van der Waals surface area contributed by atoms with E-state index in [1.54, 1.807) is 12.1 Å². The number of hydrogen-bond donors (Lipinski definition) is 1. The highest BCUT2D eigenvalue weighted by Gasteiger charge is 2.07. The third kappa shape index (κ3) is 4.12. The van der Waals surface area contributed by atoms with Crippen molar-refractivity contribution in [2.24, 2.45) is 0 Å². The second kappa shape index (κ2) is 6.75. The highest BCUT2D eigenvalue weighted by molar-refractivity contribution is 5.94. The van der Waals surface area contributed by atoms with Crippen LogP contribution in [0.25, 0.3) is 0 Å². The van der Waals surface area contributed by atoms with Crippen molar-refractivity contribution in [3.8, 4) is 5.75 Å². The fraction of sp³-hybridized carbons (Fsp3) is 0.235. The molecule has 0 saturated carbocycles. The van der Waals surface area contributed by atoms with Gasteiger partial charge in [0.05, 0.1) is 0 Å². The predicted molar refractivity (Wildman–Crippen MR) is 79.8 cm³/mol. The molecule has 0 aromatic heterocycles. The first kappa shape index (κ1) is 14.1. The molecule has 0 aliphatic rings. The van der Waals surface area contributed by atoms with E-state index < -0.39 is 0 Å². The van der Waals surface area contributed by atoms with Gasteiger partial charge in [0, 0.05) is 11.6 Å². The van der Waals surface area contributed by atoms with Crippen molar-refractivity contribution in [1.29, 1.82) is 0 Å². The van der Waals surface area contributed by atoms with Gasteiger partial charge in [0.25, 0.3) is 5.91 Å². The first-order valence-electron chi connectivity index (χ1n) is 6.73. The smallest absolute Gasteiger partial charge is 0.251 e. The van der Waals surface area contributed by atoms with Crippen LogP contribution in [0.4, 0.5) is 0 Å². The molecule has 3 heteroatoms. The fourth-order valence-corrected chi connectivity index (χ4v) is 1.81. The lowest BCUT2D eigenvalue weighted by Crippen LogP contribution is -2.29. The molecular formula is C17H19NO2. The third-order valence-corrected chi connectivity index (χ3v) is 2.76. The number of nitrogens with one attached hydrogen (secondary N) is 1. The van der Waals surface area contributed by atoms with Gasteiger partial charge in [-0.25, -0.2) is 0 Å². The molecule has 0 aliphatic heterocycles. The van der Waals surface area contributed by atoms with Crippen molar-refractivity contribution in [2.45, 2.75) is 26.5 Å². The third-order valence-electron chi connectivity index (χ3n) is 2.76. The Morgan fingerprint density at radius 3 is 2.55 bits per heavy atom. The minimum atomic E-state index is -0.0786. The van der Waals surface area contributed by atoms with Gasteiger partial charge in [-0.15, -0.1) is 0 Å². The van der Waals surface area contributed by atoms with E-state index in [9.17, 15) is 4.79 Å². The van der Waals surface area contributed by atoms with Gasteiger partial charge in [-0.1, -0.05) is 36.4 Å². The average molecular weight is 269 g/mol. The van der Waals surface area contributed by atoms with Crippen LogP contribution in [0.2, 0.25) is 0 Å². The Hall–Kier alpha value is -2.29. The first-order valence-corrected chi connectivity index (χ1v) is 6.73. The van der Waals surface area contributed by atoms with Crippen molar-refractivity contribution in [1.82, 2.24) is 5.32 Å². The zero-order chi connectivity index (χ0) is 14.4. The van der Waals surface area contributed by atoms with Gasteiger partial charge in [0.15, 0.2) is 0 Å². The maximum absolute atomic E-state index is 11.9. The number of amides is 1. The van der Waals surface area contributed by atoms with Gasteiger partial charge in [0.1, 0.15) is 12.4 Å². The van der Waals surface area contributed by atoms with E-state index in [-0.39, 0.29) is 11.9 Å². The van der Waals surface area contributed by atoms with Gasteiger partial charge in [0.2, 0.25) is 0 Å². The summed E-state index contributed by atoms with van der Waals surface area (Å²) in [6.45, 7) is 4.37. The topological polar surface area (TPSA) is 38.3 Å². The normalized spacial score (nSPS) is 10.3. The lowest BCUT2D eigenvalue weighted by Gasteiger charge is -2.10. The second-order valence-electron chi connectivity index (χ2n) is 4.93. The maximum atomic E-state index is 11.9. The summed E-state index contributed by atoms with van der Waals surface area (Å²) in [4.78, 5) is 11.9. The molecule has 0 heterocycles.